The molecular weight excluding hydrogens is 468 g/mol. The van der Waals surface area contributed by atoms with Gasteiger partial charge in [0, 0.05) is 27.2 Å². The minimum absolute atomic E-state index is 0.0808. The molecule has 0 aliphatic carbocycles. The molecule has 0 saturated heterocycles. The third kappa shape index (κ3) is 6.38. The monoisotopic (exact) mass is 486 g/mol. The van der Waals surface area contributed by atoms with Gasteiger partial charge in [-0.3, -0.25) is 0 Å². The van der Waals surface area contributed by atoms with Crippen molar-refractivity contribution in [1.82, 2.24) is 4.90 Å². The lowest BCUT2D eigenvalue weighted by Crippen LogP contribution is -2.36. The maximum Gasteiger partial charge on any atom is 0.416 e. The molecule has 0 aliphatic rings. The molecule has 0 aliphatic heterocycles. The zero-order valence-electron chi connectivity index (χ0n) is 16.5. The fraction of sp³-hybridized carbons (Fsp3) is 0.227. The number of thiophene rings is 1. The summed E-state index contributed by atoms with van der Waals surface area (Å²) in [4.78, 5) is 15.5. The molecule has 1 N–H and O–H groups in total. The van der Waals surface area contributed by atoms with Crippen LogP contribution in [-0.2, 0) is 19.1 Å². The van der Waals surface area contributed by atoms with Gasteiger partial charge < -0.3 is 10.2 Å². The number of hydrogen-bond acceptors (Lipinski definition) is 2. The van der Waals surface area contributed by atoms with Crippen LogP contribution in [0, 0.1) is 6.92 Å². The molecule has 3 aromatic rings. The lowest BCUT2D eigenvalue weighted by atomic mass is 10.1. The van der Waals surface area contributed by atoms with Crippen molar-refractivity contribution in [2.45, 2.75) is 26.1 Å². The summed E-state index contributed by atoms with van der Waals surface area (Å²) in [5, 5.41) is 5.53. The van der Waals surface area contributed by atoms with Crippen molar-refractivity contribution in [3.8, 4) is 0 Å². The van der Waals surface area contributed by atoms with Crippen molar-refractivity contribution >= 4 is 46.3 Å². The number of halogens is 5. The van der Waals surface area contributed by atoms with Crippen LogP contribution < -0.4 is 5.32 Å². The van der Waals surface area contributed by atoms with Gasteiger partial charge in [0.25, 0.3) is 0 Å². The molecular formula is C22H19Cl2F3N2OS. The standard InChI is InChI=1S/C22H19Cl2F3N2OS/c1-14-8-10-31-20(14)13-29(9-7-15-5-6-17(23)12-19(15)24)21(30)28-18-4-2-3-16(11-18)22(25,26)27/h2-6,8,10-12H,7,9,13H2,1H3,(H,28,30). The normalized spacial score (nSPS) is 11.4. The van der Waals surface area contributed by atoms with E-state index in [2.05, 4.69) is 5.32 Å². The number of rotatable bonds is 6. The maximum atomic E-state index is 13.0. The van der Waals surface area contributed by atoms with Crippen LogP contribution in [0.3, 0.4) is 0 Å². The summed E-state index contributed by atoms with van der Waals surface area (Å²) in [6.07, 6.45) is -4.02. The Bertz CT molecular complexity index is 1070. The summed E-state index contributed by atoms with van der Waals surface area (Å²) in [6, 6.07) is 11.2. The van der Waals surface area contributed by atoms with Gasteiger partial charge in [0.15, 0.2) is 0 Å². The second-order valence-electron chi connectivity index (χ2n) is 6.94. The third-order valence-corrected chi connectivity index (χ3v) is 6.29. The van der Waals surface area contributed by atoms with Gasteiger partial charge in [0.2, 0.25) is 0 Å². The highest BCUT2D eigenvalue weighted by molar-refractivity contribution is 7.10. The quantitative estimate of drug-likeness (QED) is 0.381. The molecule has 1 heterocycles. The minimum atomic E-state index is -4.49. The van der Waals surface area contributed by atoms with Crippen molar-refractivity contribution in [3.05, 3.63) is 85.5 Å². The van der Waals surface area contributed by atoms with Gasteiger partial charge in [-0.25, -0.2) is 4.79 Å². The average molecular weight is 487 g/mol. The van der Waals surface area contributed by atoms with Crippen molar-refractivity contribution in [2.24, 2.45) is 0 Å². The Morgan fingerprint density at radius 2 is 1.90 bits per heavy atom. The van der Waals surface area contributed by atoms with Crippen LogP contribution in [0.1, 0.15) is 21.6 Å². The summed E-state index contributed by atoms with van der Waals surface area (Å²) in [7, 11) is 0. The summed E-state index contributed by atoms with van der Waals surface area (Å²) >= 11 is 13.7. The smallest absolute Gasteiger partial charge is 0.319 e. The largest absolute Gasteiger partial charge is 0.416 e. The number of urea groups is 1. The van der Waals surface area contributed by atoms with Crippen LogP contribution in [0.4, 0.5) is 23.7 Å². The molecule has 0 bridgehead atoms. The van der Waals surface area contributed by atoms with E-state index in [4.69, 9.17) is 23.2 Å². The Morgan fingerprint density at radius 1 is 1.13 bits per heavy atom. The molecule has 0 saturated carbocycles. The van der Waals surface area contributed by atoms with Crippen LogP contribution >= 0.6 is 34.5 Å². The molecule has 0 radical (unpaired) electrons. The predicted octanol–water partition coefficient (Wildman–Crippen LogP) is 7.66. The molecule has 2 aromatic carbocycles. The number of nitrogens with zero attached hydrogens (tertiary/aromatic N) is 1. The molecule has 164 valence electrons. The number of anilines is 1. The van der Waals surface area contributed by atoms with Crippen LogP contribution in [0.5, 0.6) is 0 Å². The number of benzene rings is 2. The van der Waals surface area contributed by atoms with Gasteiger partial charge in [0.05, 0.1) is 12.1 Å². The molecule has 0 fully saturated rings. The Kier molecular flexibility index (Phi) is 7.51. The first-order chi connectivity index (χ1) is 14.6. The van der Waals surface area contributed by atoms with E-state index in [0.29, 0.717) is 29.6 Å². The van der Waals surface area contributed by atoms with Gasteiger partial charge >= 0.3 is 12.2 Å². The van der Waals surface area contributed by atoms with Crippen LogP contribution in [0.2, 0.25) is 10.0 Å². The third-order valence-electron chi connectivity index (χ3n) is 4.70. The number of carbonyl (C=O) groups excluding carboxylic acids is 1. The highest BCUT2D eigenvalue weighted by Crippen LogP contribution is 2.31. The number of carbonyl (C=O) groups is 1. The van der Waals surface area contributed by atoms with Gasteiger partial charge in [-0.05, 0) is 66.2 Å². The van der Waals surface area contributed by atoms with Crippen molar-refractivity contribution < 1.29 is 18.0 Å². The van der Waals surface area contributed by atoms with Crippen molar-refractivity contribution in [3.63, 3.8) is 0 Å². The number of hydrogen-bond donors (Lipinski definition) is 1. The van der Waals surface area contributed by atoms with E-state index in [9.17, 15) is 18.0 Å². The fourth-order valence-corrected chi connectivity index (χ4v) is 4.37. The zero-order valence-corrected chi connectivity index (χ0v) is 18.8. The molecule has 9 heteroatoms. The van der Waals surface area contributed by atoms with E-state index >= 15 is 0 Å². The van der Waals surface area contributed by atoms with Crippen LogP contribution in [0.25, 0.3) is 0 Å². The summed E-state index contributed by atoms with van der Waals surface area (Å²) in [5.74, 6) is 0. The molecule has 0 atom stereocenters. The minimum Gasteiger partial charge on any atom is -0.319 e. The highest BCUT2D eigenvalue weighted by Gasteiger charge is 2.30. The predicted molar refractivity (Wildman–Crippen MR) is 120 cm³/mol. The summed E-state index contributed by atoms with van der Waals surface area (Å²) in [5.41, 5.74) is 1.13. The Balaban J connectivity index is 1.78. The lowest BCUT2D eigenvalue weighted by molar-refractivity contribution is -0.137. The zero-order chi connectivity index (χ0) is 22.6. The molecule has 3 rings (SSSR count). The molecule has 0 unspecified atom stereocenters. The van der Waals surface area contributed by atoms with Gasteiger partial charge in [-0.1, -0.05) is 35.3 Å². The fourth-order valence-electron chi connectivity index (χ4n) is 2.95. The molecule has 1 aromatic heterocycles. The topological polar surface area (TPSA) is 32.3 Å². The van der Waals surface area contributed by atoms with E-state index in [1.807, 2.05) is 18.4 Å². The SMILES string of the molecule is Cc1ccsc1CN(CCc1ccc(Cl)cc1Cl)C(=O)Nc1cccc(C(F)(F)F)c1. The van der Waals surface area contributed by atoms with Gasteiger partial charge in [-0.15, -0.1) is 11.3 Å². The van der Waals surface area contributed by atoms with E-state index in [0.717, 1.165) is 28.1 Å². The Labute approximate surface area is 192 Å². The second kappa shape index (κ2) is 9.94. The average Bonchev–Trinajstić information content (AvgIpc) is 3.10. The van der Waals surface area contributed by atoms with Crippen molar-refractivity contribution in [1.29, 1.82) is 0 Å². The molecule has 0 spiro atoms. The molecule has 2 amide bonds. The summed E-state index contributed by atoms with van der Waals surface area (Å²) < 4.78 is 39.0. The number of nitrogens with one attached hydrogen (secondary N) is 1. The number of amides is 2. The molecule has 31 heavy (non-hydrogen) atoms. The van der Waals surface area contributed by atoms with Crippen LogP contribution in [-0.4, -0.2) is 17.5 Å². The second-order valence-corrected chi connectivity index (χ2v) is 8.79. The maximum absolute atomic E-state index is 13.0. The van der Waals surface area contributed by atoms with Crippen LogP contribution in [0.15, 0.2) is 53.9 Å². The van der Waals surface area contributed by atoms with Crippen molar-refractivity contribution in [2.75, 3.05) is 11.9 Å². The Morgan fingerprint density at radius 3 is 2.55 bits per heavy atom. The lowest BCUT2D eigenvalue weighted by Gasteiger charge is -2.24. The first kappa shape index (κ1) is 23.4. The first-order valence-electron chi connectivity index (χ1n) is 9.33. The van der Waals surface area contributed by atoms with E-state index in [1.165, 1.54) is 23.5 Å². The van der Waals surface area contributed by atoms with Gasteiger partial charge in [-0.2, -0.15) is 13.2 Å². The molecule has 3 nitrogen and oxygen atoms in total. The highest BCUT2D eigenvalue weighted by atomic mass is 35.5. The number of aryl methyl sites for hydroxylation is 1. The van der Waals surface area contributed by atoms with E-state index in [1.54, 1.807) is 23.1 Å². The summed E-state index contributed by atoms with van der Waals surface area (Å²) in [6.45, 7) is 2.60. The Hall–Kier alpha value is -2.22. The number of alkyl halides is 3. The van der Waals surface area contributed by atoms with E-state index < -0.39 is 17.8 Å². The first-order valence-corrected chi connectivity index (χ1v) is 11.0. The van der Waals surface area contributed by atoms with E-state index in [-0.39, 0.29) is 5.69 Å². The van der Waals surface area contributed by atoms with Gasteiger partial charge in [0.1, 0.15) is 0 Å².